The molecule has 0 bridgehead atoms. The Hall–Kier alpha value is -3.58. The molecule has 40 heavy (non-hydrogen) atoms. The summed E-state index contributed by atoms with van der Waals surface area (Å²) in [6.07, 6.45) is 1.46. The summed E-state index contributed by atoms with van der Waals surface area (Å²) >= 11 is 0. The van der Waals surface area contributed by atoms with Crippen molar-refractivity contribution < 1.29 is 32.9 Å². The minimum absolute atomic E-state index is 0.0288. The van der Waals surface area contributed by atoms with E-state index in [1.54, 1.807) is 49.6 Å². The number of carbonyl (C=O) groups is 2. The van der Waals surface area contributed by atoms with Gasteiger partial charge in [0.1, 0.15) is 25.3 Å². The Morgan fingerprint density at radius 1 is 1.07 bits per heavy atom. The van der Waals surface area contributed by atoms with Gasteiger partial charge >= 0.3 is 11.9 Å². The maximum absolute atomic E-state index is 13.9. The molecule has 0 spiro atoms. The van der Waals surface area contributed by atoms with Crippen molar-refractivity contribution in [3.05, 3.63) is 53.0 Å². The van der Waals surface area contributed by atoms with Crippen LogP contribution in [0.3, 0.4) is 0 Å². The number of nitrogens with one attached hydrogen (secondary N) is 1. The second-order valence-electron chi connectivity index (χ2n) is 9.30. The molecule has 1 aromatic carbocycles. The summed E-state index contributed by atoms with van der Waals surface area (Å²) in [6.45, 7) is 8.19. The first-order chi connectivity index (χ1) is 19.0. The van der Waals surface area contributed by atoms with E-state index in [0.29, 0.717) is 16.8 Å². The molecule has 2 aromatic heterocycles. The van der Waals surface area contributed by atoms with Gasteiger partial charge in [0.2, 0.25) is 5.82 Å². The fourth-order valence-corrected chi connectivity index (χ4v) is 5.33. The van der Waals surface area contributed by atoms with Gasteiger partial charge in [-0.1, -0.05) is 24.3 Å². The van der Waals surface area contributed by atoms with Crippen molar-refractivity contribution in [1.29, 1.82) is 0 Å². The van der Waals surface area contributed by atoms with Crippen molar-refractivity contribution in [2.24, 2.45) is 5.18 Å². The lowest BCUT2D eigenvalue weighted by molar-refractivity contribution is -0.149. The van der Waals surface area contributed by atoms with Crippen LogP contribution in [0.25, 0.3) is 11.2 Å². The van der Waals surface area contributed by atoms with E-state index in [4.69, 9.17) is 18.7 Å². The Kier molecular flexibility index (Phi) is 11.0. The molecule has 3 atom stereocenters. The van der Waals surface area contributed by atoms with Crippen LogP contribution in [0.1, 0.15) is 45.7 Å². The molecule has 0 saturated heterocycles. The molecule has 3 aromatic rings. The van der Waals surface area contributed by atoms with Crippen molar-refractivity contribution in [3.63, 3.8) is 0 Å². The lowest BCUT2D eigenvalue weighted by Gasteiger charge is -2.25. The van der Waals surface area contributed by atoms with Gasteiger partial charge in [-0.15, -0.1) is 4.91 Å². The van der Waals surface area contributed by atoms with E-state index in [1.807, 2.05) is 0 Å². The van der Waals surface area contributed by atoms with E-state index in [0.717, 1.165) is 0 Å². The Labute approximate surface area is 231 Å². The number of benzene rings is 1. The zero-order valence-electron chi connectivity index (χ0n) is 23.0. The molecule has 0 saturated carbocycles. The number of nitroso groups, excluding NO2 is 1. The van der Waals surface area contributed by atoms with E-state index >= 15 is 0 Å². The molecule has 15 heteroatoms. The number of ether oxygens (including phenoxy) is 3. The number of rotatable bonds is 15. The molecule has 0 unspecified atom stereocenters. The topological polar surface area (TPSA) is 173 Å². The molecule has 0 aliphatic heterocycles. The van der Waals surface area contributed by atoms with Gasteiger partial charge in [0.15, 0.2) is 11.2 Å². The van der Waals surface area contributed by atoms with Crippen LogP contribution >= 0.6 is 7.52 Å². The highest BCUT2D eigenvalue weighted by Gasteiger charge is 2.31. The quantitative estimate of drug-likeness (QED) is 0.157. The van der Waals surface area contributed by atoms with Crippen molar-refractivity contribution in [2.75, 3.05) is 6.35 Å². The Morgan fingerprint density at radius 2 is 1.77 bits per heavy atom. The number of hydrogen-bond acceptors (Lipinski definition) is 12. The van der Waals surface area contributed by atoms with Gasteiger partial charge in [-0.2, -0.15) is 0 Å². The Morgan fingerprint density at radius 3 is 2.42 bits per heavy atom. The third-order valence-electron chi connectivity index (χ3n) is 5.52. The maximum Gasteiger partial charge on any atom is 0.323 e. The molecule has 0 fully saturated rings. The summed E-state index contributed by atoms with van der Waals surface area (Å²) in [5.74, 6) is -1.10. The number of esters is 2. The van der Waals surface area contributed by atoms with Crippen LogP contribution in [0.15, 0.2) is 42.1 Å². The first-order valence-electron chi connectivity index (χ1n) is 12.5. The largest absolute Gasteiger partial charge is 0.462 e. The van der Waals surface area contributed by atoms with Crippen LogP contribution < -0.4 is 5.09 Å². The number of nitrogens with zero attached hydrogens (tertiary/aromatic N) is 5. The molecular weight excluding hydrogens is 543 g/mol. The SMILES string of the molecule is CC(=O)OCc1ccccc1CO[P@](=O)(CO[C@H](C)Cn1cnc2c(N=O)ncnc21)N[C@H](C)C(=O)OC(C)C. The monoisotopic (exact) mass is 576 g/mol. The Balaban J connectivity index is 1.73. The fourth-order valence-electron chi connectivity index (χ4n) is 3.61. The molecular formula is C25H33N6O8P. The Bertz CT molecular complexity index is 1380. The smallest absolute Gasteiger partial charge is 0.323 e. The predicted molar refractivity (Wildman–Crippen MR) is 144 cm³/mol. The van der Waals surface area contributed by atoms with Crippen molar-refractivity contribution in [1.82, 2.24) is 24.6 Å². The predicted octanol–water partition coefficient (Wildman–Crippen LogP) is 3.99. The van der Waals surface area contributed by atoms with Crippen LogP contribution in [-0.4, -0.2) is 56.1 Å². The first-order valence-corrected chi connectivity index (χ1v) is 14.3. The second kappa shape index (κ2) is 14.2. The van der Waals surface area contributed by atoms with Crippen LogP contribution in [-0.2, 0) is 52.6 Å². The lowest BCUT2D eigenvalue weighted by atomic mass is 10.1. The van der Waals surface area contributed by atoms with E-state index in [9.17, 15) is 19.1 Å². The van der Waals surface area contributed by atoms with Gasteiger partial charge < -0.3 is 23.3 Å². The maximum atomic E-state index is 13.9. The highest BCUT2D eigenvalue weighted by molar-refractivity contribution is 7.56. The highest BCUT2D eigenvalue weighted by atomic mass is 31.2. The average molecular weight is 577 g/mol. The summed E-state index contributed by atoms with van der Waals surface area (Å²) in [5.41, 5.74) is 1.99. The molecule has 0 radical (unpaired) electrons. The van der Waals surface area contributed by atoms with Crippen LogP contribution in [0, 0.1) is 4.91 Å². The fraction of sp³-hybridized carbons (Fsp3) is 0.480. The van der Waals surface area contributed by atoms with Crippen LogP contribution in [0.4, 0.5) is 5.82 Å². The summed E-state index contributed by atoms with van der Waals surface area (Å²) in [4.78, 5) is 46.8. The number of imidazole rings is 1. The zero-order valence-corrected chi connectivity index (χ0v) is 23.9. The van der Waals surface area contributed by atoms with Gasteiger partial charge in [0.25, 0.3) is 7.52 Å². The van der Waals surface area contributed by atoms with Gasteiger partial charge in [0, 0.05) is 6.92 Å². The summed E-state index contributed by atoms with van der Waals surface area (Å²) in [5, 5.41) is 5.62. The minimum Gasteiger partial charge on any atom is -0.462 e. The summed E-state index contributed by atoms with van der Waals surface area (Å²) < 4.78 is 37.7. The van der Waals surface area contributed by atoms with Crippen molar-refractivity contribution >= 4 is 36.4 Å². The standard InChI is InChI=1S/C25H33N6O8P/c1-16(2)39-25(33)18(4)30-40(35,38-12-21-9-7-6-8-20(21)11-36-19(5)32)15-37-17(3)10-31-14-28-22-23(29-34)26-13-27-24(22)31/h6-9,13-14,16-18H,10-12,15H2,1-5H3,(H,30,35)/t17-,18-,40-/m1/s1. The third kappa shape index (κ3) is 8.71. The van der Waals surface area contributed by atoms with Crippen LogP contribution in [0.5, 0.6) is 0 Å². The molecule has 3 rings (SSSR count). The molecule has 2 heterocycles. The zero-order chi connectivity index (χ0) is 29.3. The van der Waals surface area contributed by atoms with Crippen molar-refractivity contribution in [3.8, 4) is 0 Å². The van der Waals surface area contributed by atoms with Gasteiger partial charge in [0.05, 0.1) is 31.7 Å². The normalized spacial score (nSPS) is 14.4. The number of hydrogen-bond donors (Lipinski definition) is 1. The molecule has 0 aliphatic rings. The molecule has 1 N–H and O–H groups in total. The molecule has 0 amide bonds. The average Bonchev–Trinajstić information content (AvgIpc) is 3.32. The first kappa shape index (κ1) is 31.0. The summed E-state index contributed by atoms with van der Waals surface area (Å²) in [6, 6.07) is 6.14. The van der Waals surface area contributed by atoms with Crippen LogP contribution in [0.2, 0.25) is 0 Å². The van der Waals surface area contributed by atoms with Gasteiger partial charge in [-0.05, 0) is 44.0 Å². The molecule has 0 aliphatic carbocycles. The van der Waals surface area contributed by atoms with Gasteiger partial charge in [-0.3, -0.25) is 14.2 Å². The lowest BCUT2D eigenvalue weighted by Crippen LogP contribution is -2.36. The minimum atomic E-state index is -3.79. The second-order valence-corrected chi connectivity index (χ2v) is 11.4. The van der Waals surface area contributed by atoms with E-state index in [2.05, 4.69) is 25.2 Å². The van der Waals surface area contributed by atoms with E-state index < -0.39 is 31.6 Å². The van der Waals surface area contributed by atoms with E-state index in [1.165, 1.54) is 26.5 Å². The summed E-state index contributed by atoms with van der Waals surface area (Å²) in [7, 11) is -3.79. The molecule has 216 valence electrons. The van der Waals surface area contributed by atoms with Gasteiger partial charge in [-0.25, -0.2) is 20.0 Å². The number of carbonyl (C=O) groups excluding carboxylic acids is 2. The number of fused-ring (bicyclic) bond motifs is 1. The molecule has 14 nitrogen and oxygen atoms in total. The number of aromatic nitrogens is 4. The van der Waals surface area contributed by atoms with Crippen molar-refractivity contribution in [2.45, 2.75) is 72.6 Å². The van der Waals surface area contributed by atoms with E-state index in [-0.39, 0.29) is 43.5 Å². The third-order valence-corrected chi connectivity index (χ3v) is 7.34. The highest BCUT2D eigenvalue weighted by Crippen LogP contribution is 2.44.